The molecule has 0 fully saturated rings. The third-order valence-electron chi connectivity index (χ3n) is 5.02. The highest BCUT2D eigenvalue weighted by Crippen LogP contribution is 2.35. The number of hydrogen-bond acceptors (Lipinski definition) is 7. The maximum absolute atomic E-state index is 5.92. The minimum absolute atomic E-state index is 0.401. The van der Waals surface area contributed by atoms with Crippen molar-refractivity contribution in [3.05, 3.63) is 73.1 Å². The molecule has 0 aliphatic carbocycles. The zero-order chi connectivity index (χ0) is 22.9. The molecule has 7 nitrogen and oxygen atoms in total. The summed E-state index contributed by atoms with van der Waals surface area (Å²) >= 11 is 0. The number of nitrogens with zero attached hydrogens (tertiary/aromatic N) is 2. The molecule has 0 aliphatic heterocycles. The van der Waals surface area contributed by atoms with Gasteiger partial charge in [-0.1, -0.05) is 42.5 Å². The van der Waals surface area contributed by atoms with Gasteiger partial charge in [-0.25, -0.2) is 9.97 Å². The summed E-state index contributed by atoms with van der Waals surface area (Å²) in [5.74, 6) is 1.89. The van der Waals surface area contributed by atoms with Crippen molar-refractivity contribution in [2.45, 2.75) is 0 Å². The molecule has 0 atom stereocenters. The van der Waals surface area contributed by atoms with Crippen LogP contribution in [0, 0.1) is 0 Å². The van der Waals surface area contributed by atoms with Gasteiger partial charge in [-0.2, -0.15) is 0 Å². The van der Waals surface area contributed by atoms with Gasteiger partial charge >= 0.3 is 0 Å². The van der Waals surface area contributed by atoms with Gasteiger partial charge in [0, 0.05) is 31.4 Å². The van der Waals surface area contributed by atoms with E-state index in [0.717, 1.165) is 27.7 Å². The fourth-order valence-electron chi connectivity index (χ4n) is 3.40. The average molecular weight is 446 g/mol. The minimum Gasteiger partial charge on any atom is -0.487 e. The fraction of sp³-hybridized carbons (Fsp3) is 0.231. The van der Waals surface area contributed by atoms with E-state index in [-0.39, 0.29) is 0 Å². The molecule has 170 valence electrons. The summed E-state index contributed by atoms with van der Waals surface area (Å²) in [5, 5.41) is 4.26. The lowest BCUT2D eigenvalue weighted by molar-refractivity contribution is 0.132. The van der Waals surface area contributed by atoms with Crippen molar-refractivity contribution < 1.29 is 18.9 Å². The Bertz CT molecular complexity index is 1180. The second kappa shape index (κ2) is 11.3. The first kappa shape index (κ1) is 22.5. The molecule has 33 heavy (non-hydrogen) atoms. The van der Waals surface area contributed by atoms with Gasteiger partial charge in [0.25, 0.3) is 0 Å². The van der Waals surface area contributed by atoms with Gasteiger partial charge < -0.3 is 24.3 Å². The average Bonchev–Trinajstić information content (AvgIpc) is 2.85. The summed E-state index contributed by atoms with van der Waals surface area (Å²) in [4.78, 5) is 8.92. The number of aromatic nitrogens is 2. The van der Waals surface area contributed by atoms with Crippen LogP contribution in [0.15, 0.2) is 73.1 Å². The van der Waals surface area contributed by atoms with Crippen molar-refractivity contribution in [3.63, 3.8) is 0 Å². The van der Waals surface area contributed by atoms with E-state index in [0.29, 0.717) is 43.7 Å². The van der Waals surface area contributed by atoms with Crippen LogP contribution in [0.25, 0.3) is 22.0 Å². The van der Waals surface area contributed by atoms with Crippen LogP contribution in [-0.2, 0) is 9.47 Å². The summed E-state index contributed by atoms with van der Waals surface area (Å²) < 4.78 is 22.0. The molecule has 0 saturated heterocycles. The molecule has 0 aliphatic rings. The SMILES string of the molecule is COCCOc1cc2ncnc(Nc3cccc(-c4ccccc4)c3)c2cc1OCCOC. The van der Waals surface area contributed by atoms with E-state index in [2.05, 4.69) is 39.6 Å². The van der Waals surface area contributed by atoms with E-state index in [4.69, 9.17) is 18.9 Å². The van der Waals surface area contributed by atoms with E-state index >= 15 is 0 Å². The van der Waals surface area contributed by atoms with Crippen LogP contribution in [0.3, 0.4) is 0 Å². The molecular formula is C26H27N3O4. The number of ether oxygens (including phenoxy) is 4. The zero-order valence-corrected chi connectivity index (χ0v) is 18.8. The molecule has 0 spiro atoms. The molecule has 0 radical (unpaired) electrons. The first-order valence-electron chi connectivity index (χ1n) is 10.7. The number of benzene rings is 3. The molecule has 0 bridgehead atoms. The number of fused-ring (bicyclic) bond motifs is 1. The van der Waals surface area contributed by atoms with Crippen molar-refractivity contribution in [3.8, 4) is 22.6 Å². The third kappa shape index (κ3) is 5.77. The Labute approximate surface area is 193 Å². The summed E-state index contributed by atoms with van der Waals surface area (Å²) in [7, 11) is 3.27. The Morgan fingerprint density at radius 3 is 2.12 bits per heavy atom. The highest BCUT2D eigenvalue weighted by molar-refractivity contribution is 5.93. The van der Waals surface area contributed by atoms with Crippen LogP contribution in [0.4, 0.5) is 11.5 Å². The zero-order valence-electron chi connectivity index (χ0n) is 18.8. The predicted octanol–water partition coefficient (Wildman–Crippen LogP) is 5.09. The van der Waals surface area contributed by atoms with Crippen LogP contribution < -0.4 is 14.8 Å². The number of rotatable bonds is 11. The smallest absolute Gasteiger partial charge is 0.163 e. The summed E-state index contributed by atoms with van der Waals surface area (Å²) in [5.41, 5.74) is 3.95. The van der Waals surface area contributed by atoms with Gasteiger partial charge in [-0.05, 0) is 29.3 Å². The second-order valence-corrected chi connectivity index (χ2v) is 7.29. The molecule has 1 N–H and O–H groups in total. The molecule has 0 unspecified atom stereocenters. The topological polar surface area (TPSA) is 74.7 Å². The van der Waals surface area contributed by atoms with Crippen molar-refractivity contribution in [1.29, 1.82) is 0 Å². The number of nitrogens with one attached hydrogen (secondary N) is 1. The van der Waals surface area contributed by atoms with Crippen LogP contribution in [0.1, 0.15) is 0 Å². The Balaban J connectivity index is 1.66. The summed E-state index contributed by atoms with van der Waals surface area (Å²) in [6.07, 6.45) is 1.54. The maximum atomic E-state index is 5.92. The lowest BCUT2D eigenvalue weighted by Crippen LogP contribution is -2.09. The number of hydrogen-bond donors (Lipinski definition) is 1. The van der Waals surface area contributed by atoms with Crippen LogP contribution >= 0.6 is 0 Å². The minimum atomic E-state index is 0.401. The molecule has 3 aromatic carbocycles. The molecule has 0 amide bonds. The summed E-state index contributed by atoms with van der Waals surface area (Å²) in [6, 6.07) is 22.2. The normalized spacial score (nSPS) is 10.8. The summed E-state index contributed by atoms with van der Waals surface area (Å²) in [6.45, 7) is 1.76. The maximum Gasteiger partial charge on any atom is 0.163 e. The lowest BCUT2D eigenvalue weighted by atomic mass is 10.1. The number of methoxy groups -OCH3 is 2. The van der Waals surface area contributed by atoms with Gasteiger partial charge in [0.05, 0.1) is 18.7 Å². The molecule has 0 saturated carbocycles. The van der Waals surface area contributed by atoms with E-state index in [1.165, 1.54) is 6.33 Å². The van der Waals surface area contributed by atoms with E-state index in [9.17, 15) is 0 Å². The van der Waals surface area contributed by atoms with Gasteiger partial charge in [-0.3, -0.25) is 0 Å². The van der Waals surface area contributed by atoms with E-state index < -0.39 is 0 Å². The molecule has 1 heterocycles. The molecule has 1 aromatic heterocycles. The Kier molecular flexibility index (Phi) is 7.68. The Morgan fingerprint density at radius 1 is 0.697 bits per heavy atom. The largest absolute Gasteiger partial charge is 0.487 e. The molecule has 7 heteroatoms. The van der Waals surface area contributed by atoms with Crippen molar-refractivity contribution >= 4 is 22.4 Å². The highest BCUT2D eigenvalue weighted by Gasteiger charge is 2.13. The molecule has 4 aromatic rings. The van der Waals surface area contributed by atoms with E-state index in [1.54, 1.807) is 14.2 Å². The Hall–Kier alpha value is -3.68. The first-order chi connectivity index (χ1) is 16.3. The fourth-order valence-corrected chi connectivity index (χ4v) is 3.40. The van der Waals surface area contributed by atoms with Gasteiger partial charge in [0.1, 0.15) is 25.4 Å². The lowest BCUT2D eigenvalue weighted by Gasteiger charge is -2.15. The second-order valence-electron chi connectivity index (χ2n) is 7.29. The standard InChI is InChI=1S/C26H27N3O4/c1-30-11-13-32-24-16-22-23(17-25(24)33-14-12-31-2)27-18-28-26(22)29-21-10-6-9-20(15-21)19-7-4-3-5-8-19/h3-10,15-18H,11-14H2,1-2H3,(H,27,28,29). The number of anilines is 2. The quantitative estimate of drug-likeness (QED) is 0.322. The van der Waals surface area contributed by atoms with Crippen LogP contribution in [0.5, 0.6) is 11.5 Å². The van der Waals surface area contributed by atoms with Crippen LogP contribution in [0.2, 0.25) is 0 Å². The van der Waals surface area contributed by atoms with Crippen molar-refractivity contribution in [1.82, 2.24) is 9.97 Å². The van der Waals surface area contributed by atoms with Crippen molar-refractivity contribution in [2.75, 3.05) is 46.0 Å². The van der Waals surface area contributed by atoms with Crippen molar-refractivity contribution in [2.24, 2.45) is 0 Å². The highest BCUT2D eigenvalue weighted by atomic mass is 16.5. The first-order valence-corrected chi connectivity index (χ1v) is 10.7. The van der Waals surface area contributed by atoms with Gasteiger partial charge in [0.2, 0.25) is 0 Å². The van der Waals surface area contributed by atoms with E-state index in [1.807, 2.05) is 42.5 Å². The molecule has 4 rings (SSSR count). The van der Waals surface area contributed by atoms with Gasteiger partial charge in [0.15, 0.2) is 11.5 Å². The molecular weight excluding hydrogens is 418 g/mol. The van der Waals surface area contributed by atoms with Gasteiger partial charge in [-0.15, -0.1) is 0 Å². The third-order valence-corrected chi connectivity index (χ3v) is 5.02. The monoisotopic (exact) mass is 445 g/mol. The predicted molar refractivity (Wildman–Crippen MR) is 129 cm³/mol. The van der Waals surface area contributed by atoms with Crippen LogP contribution in [-0.4, -0.2) is 50.6 Å². The Morgan fingerprint density at radius 2 is 1.39 bits per heavy atom.